The van der Waals surface area contributed by atoms with Gasteiger partial charge in [-0.25, -0.2) is 0 Å². The molecule has 0 saturated carbocycles. The van der Waals surface area contributed by atoms with Crippen LogP contribution in [0.25, 0.3) is 0 Å². The summed E-state index contributed by atoms with van der Waals surface area (Å²) in [7, 11) is -4.03. The Labute approximate surface area is 133 Å². The van der Waals surface area contributed by atoms with E-state index < -0.39 is 21.8 Å². The normalized spacial score (nSPS) is 10.7. The minimum Gasteiger partial charge on any atom is -0.464 e. The summed E-state index contributed by atoms with van der Waals surface area (Å²) in [5, 5.41) is 0. The third-order valence-corrected chi connectivity index (χ3v) is 2.77. The van der Waals surface area contributed by atoms with Crippen LogP contribution in [-0.2, 0) is 19.6 Å². The molecule has 0 aliphatic carbocycles. The Hall–Kier alpha value is 0.640. The summed E-state index contributed by atoms with van der Waals surface area (Å²) < 4.78 is 33.6. The van der Waals surface area contributed by atoms with Crippen molar-refractivity contribution < 1.29 is 22.5 Å². The van der Waals surface area contributed by atoms with Gasteiger partial charge in [0.1, 0.15) is 12.4 Å². The monoisotopic (exact) mass is 292 g/mol. The van der Waals surface area contributed by atoms with Gasteiger partial charge in [0.25, 0.3) is 10.1 Å². The molecule has 0 atom stereocenters. The first kappa shape index (κ1) is 20.0. The van der Waals surface area contributed by atoms with Crippen molar-refractivity contribution in [2.75, 3.05) is 12.4 Å². The Morgan fingerprint density at radius 3 is 2.29 bits per heavy atom. The summed E-state index contributed by atoms with van der Waals surface area (Å²) in [5.74, 6) is -0.936. The molecule has 0 aromatic rings. The molecule has 7 heteroatoms. The molecular weight excluding hydrogens is 272 g/mol. The summed E-state index contributed by atoms with van der Waals surface area (Å²) in [6, 6.07) is 0. The molecule has 1 N–H and O–H groups in total. The van der Waals surface area contributed by atoms with Gasteiger partial charge in [-0.15, -0.1) is 0 Å². The summed E-state index contributed by atoms with van der Waals surface area (Å²) in [4.78, 5) is 11.1. The maximum atomic E-state index is 11.1. The smallest absolute Gasteiger partial charge is 0.305 e. The Bertz CT molecular complexity index is 289. The van der Waals surface area contributed by atoms with Crippen LogP contribution in [0.3, 0.4) is 0 Å². The SMILES string of the molecule is CCCCCCCC(=O)OCCS(=O)(=O)O.[Ca]. The van der Waals surface area contributed by atoms with Crippen molar-refractivity contribution in [3.8, 4) is 0 Å². The van der Waals surface area contributed by atoms with Crippen molar-refractivity contribution in [3.05, 3.63) is 0 Å². The van der Waals surface area contributed by atoms with Gasteiger partial charge in [-0.2, -0.15) is 8.42 Å². The Kier molecular flexibility index (Phi) is 13.8. The van der Waals surface area contributed by atoms with E-state index >= 15 is 0 Å². The van der Waals surface area contributed by atoms with E-state index in [4.69, 9.17) is 4.55 Å². The average Bonchev–Trinajstić information content (AvgIpc) is 2.15. The summed E-state index contributed by atoms with van der Waals surface area (Å²) in [6.07, 6.45) is 5.49. The van der Waals surface area contributed by atoms with Gasteiger partial charge in [0.2, 0.25) is 0 Å². The third kappa shape index (κ3) is 16.6. The first-order valence-electron chi connectivity index (χ1n) is 5.56. The molecule has 0 spiro atoms. The fourth-order valence-corrected chi connectivity index (χ4v) is 1.50. The average molecular weight is 292 g/mol. The Morgan fingerprint density at radius 2 is 1.76 bits per heavy atom. The van der Waals surface area contributed by atoms with Crippen LogP contribution in [0.1, 0.15) is 45.4 Å². The third-order valence-electron chi connectivity index (χ3n) is 2.09. The van der Waals surface area contributed by atoms with Crippen LogP contribution in [-0.4, -0.2) is 69.0 Å². The Morgan fingerprint density at radius 1 is 1.18 bits per heavy atom. The fraction of sp³-hybridized carbons (Fsp3) is 0.900. The van der Waals surface area contributed by atoms with E-state index in [1.165, 1.54) is 0 Å². The minimum atomic E-state index is -4.03. The van der Waals surface area contributed by atoms with Gasteiger partial charge in [-0.05, 0) is 6.42 Å². The number of carbonyl (C=O) groups is 1. The van der Waals surface area contributed by atoms with Crippen molar-refractivity contribution in [3.63, 3.8) is 0 Å². The van der Waals surface area contributed by atoms with Crippen LogP contribution in [0.5, 0.6) is 0 Å². The topological polar surface area (TPSA) is 80.7 Å². The summed E-state index contributed by atoms with van der Waals surface area (Å²) in [6.45, 7) is 1.84. The molecule has 98 valence electrons. The second-order valence-corrected chi connectivity index (χ2v) is 5.24. The van der Waals surface area contributed by atoms with Crippen LogP contribution in [0.4, 0.5) is 0 Å². The predicted molar refractivity (Wildman–Crippen MR) is 66.5 cm³/mol. The van der Waals surface area contributed by atoms with E-state index in [0.717, 1.165) is 32.1 Å². The number of hydrogen-bond acceptors (Lipinski definition) is 4. The van der Waals surface area contributed by atoms with Crippen LogP contribution in [0.2, 0.25) is 0 Å². The van der Waals surface area contributed by atoms with E-state index in [-0.39, 0.29) is 44.3 Å². The number of ether oxygens (including phenoxy) is 1. The van der Waals surface area contributed by atoms with Gasteiger partial charge in [0.05, 0.1) is 0 Å². The van der Waals surface area contributed by atoms with Gasteiger partial charge in [-0.3, -0.25) is 9.35 Å². The van der Waals surface area contributed by atoms with Crippen LogP contribution in [0.15, 0.2) is 0 Å². The van der Waals surface area contributed by atoms with Crippen LogP contribution >= 0.6 is 0 Å². The standard InChI is InChI=1S/C10H20O5S.Ca/c1-2-3-4-5-6-7-10(11)15-8-9-16(12,13)14;/h2-9H2,1H3,(H,12,13,14);. The molecule has 0 aromatic carbocycles. The van der Waals surface area contributed by atoms with Crippen LogP contribution in [0, 0.1) is 0 Å². The van der Waals surface area contributed by atoms with E-state index in [1.54, 1.807) is 0 Å². The van der Waals surface area contributed by atoms with Gasteiger partial charge < -0.3 is 4.74 Å². The van der Waals surface area contributed by atoms with Gasteiger partial charge in [-0.1, -0.05) is 32.6 Å². The molecule has 5 nitrogen and oxygen atoms in total. The second-order valence-electron chi connectivity index (χ2n) is 3.67. The molecular formula is C10H20CaO5S. The minimum absolute atomic E-state index is 0. The number of esters is 1. The van der Waals surface area contributed by atoms with Gasteiger partial charge in [0, 0.05) is 44.2 Å². The molecule has 0 heterocycles. The van der Waals surface area contributed by atoms with Gasteiger partial charge >= 0.3 is 5.97 Å². The molecule has 0 saturated heterocycles. The quantitative estimate of drug-likeness (QED) is 0.301. The molecule has 0 rings (SSSR count). The maximum Gasteiger partial charge on any atom is 0.305 e. The van der Waals surface area contributed by atoms with Crippen molar-refractivity contribution in [2.24, 2.45) is 0 Å². The molecule has 0 unspecified atom stereocenters. The summed E-state index contributed by atoms with van der Waals surface area (Å²) >= 11 is 0. The van der Waals surface area contributed by atoms with Crippen LogP contribution < -0.4 is 0 Å². The fourth-order valence-electron chi connectivity index (χ4n) is 1.21. The van der Waals surface area contributed by atoms with Crippen molar-refractivity contribution in [1.82, 2.24) is 0 Å². The molecule has 0 aliphatic heterocycles. The van der Waals surface area contributed by atoms with E-state index in [0.29, 0.717) is 6.42 Å². The zero-order valence-corrected chi connectivity index (χ0v) is 13.4. The maximum absolute atomic E-state index is 11.1. The second kappa shape index (κ2) is 11.7. The molecule has 0 aliphatic rings. The molecule has 0 aromatic heterocycles. The zero-order valence-electron chi connectivity index (χ0n) is 10.4. The number of hydrogen-bond donors (Lipinski definition) is 1. The number of carbonyl (C=O) groups excluding carboxylic acids is 1. The molecule has 17 heavy (non-hydrogen) atoms. The van der Waals surface area contributed by atoms with E-state index in [9.17, 15) is 13.2 Å². The molecule has 0 amide bonds. The number of rotatable bonds is 9. The molecule has 2 radical (unpaired) electrons. The summed E-state index contributed by atoms with van der Waals surface area (Å²) in [5.41, 5.74) is 0. The molecule has 0 fully saturated rings. The first-order chi connectivity index (χ1) is 7.45. The molecule has 0 bridgehead atoms. The van der Waals surface area contributed by atoms with Crippen molar-refractivity contribution in [1.29, 1.82) is 0 Å². The van der Waals surface area contributed by atoms with Gasteiger partial charge in [0.15, 0.2) is 0 Å². The van der Waals surface area contributed by atoms with Crippen molar-refractivity contribution >= 4 is 53.8 Å². The predicted octanol–water partition coefficient (Wildman–Crippen LogP) is 1.40. The zero-order chi connectivity index (χ0) is 12.4. The van der Waals surface area contributed by atoms with E-state index in [2.05, 4.69) is 11.7 Å². The number of unbranched alkanes of at least 4 members (excludes halogenated alkanes) is 4. The van der Waals surface area contributed by atoms with E-state index in [1.807, 2.05) is 0 Å². The first-order valence-corrected chi connectivity index (χ1v) is 7.17. The van der Waals surface area contributed by atoms with Crippen molar-refractivity contribution in [2.45, 2.75) is 45.4 Å². The largest absolute Gasteiger partial charge is 0.464 e. The Balaban J connectivity index is 0.